The number of nitrogens with zero attached hydrogens (tertiary/aromatic N) is 3. The van der Waals surface area contributed by atoms with E-state index in [0.29, 0.717) is 25.1 Å². The monoisotopic (exact) mass is 366 g/mol. The highest BCUT2D eigenvalue weighted by Gasteiger charge is 2.21. The summed E-state index contributed by atoms with van der Waals surface area (Å²) in [4.78, 5) is 43.4. The fraction of sp³-hybridized carbons (Fsp3) is 0.300. The number of hydrogen-bond acceptors (Lipinski definition) is 4. The molecular weight excluding hydrogens is 344 g/mol. The standard InChI is InChI=1S/C20H22N4O3/c1-23(14-15-8-10-21-11-9-15)19(26)13-22-20(27)16-4-6-17(7-5-16)24-12-2-3-18(24)25/h4-11H,2-3,12-14H2,1H3,(H,22,27). The van der Waals surface area contributed by atoms with Crippen LogP contribution in [0.25, 0.3) is 0 Å². The predicted molar refractivity (Wildman–Crippen MR) is 101 cm³/mol. The molecule has 0 aliphatic carbocycles. The van der Waals surface area contributed by atoms with E-state index in [1.165, 1.54) is 0 Å². The summed E-state index contributed by atoms with van der Waals surface area (Å²) in [6.07, 6.45) is 4.77. The summed E-state index contributed by atoms with van der Waals surface area (Å²) < 4.78 is 0. The van der Waals surface area contributed by atoms with Crippen molar-refractivity contribution in [2.24, 2.45) is 0 Å². The first-order valence-corrected chi connectivity index (χ1v) is 8.86. The molecule has 1 aromatic heterocycles. The van der Waals surface area contributed by atoms with Gasteiger partial charge in [-0.15, -0.1) is 0 Å². The van der Waals surface area contributed by atoms with Crippen LogP contribution in [0.5, 0.6) is 0 Å². The Morgan fingerprint density at radius 1 is 1.15 bits per heavy atom. The van der Waals surface area contributed by atoms with E-state index in [0.717, 1.165) is 17.7 Å². The van der Waals surface area contributed by atoms with E-state index in [2.05, 4.69) is 10.3 Å². The molecular formula is C20H22N4O3. The number of carbonyl (C=O) groups excluding carboxylic acids is 3. The predicted octanol–water partition coefficient (Wildman–Crippen LogP) is 1.60. The van der Waals surface area contributed by atoms with Gasteiger partial charge in [0.1, 0.15) is 0 Å². The quantitative estimate of drug-likeness (QED) is 0.842. The van der Waals surface area contributed by atoms with Crippen LogP contribution in [0.3, 0.4) is 0 Å². The summed E-state index contributed by atoms with van der Waals surface area (Å²) in [5.41, 5.74) is 2.22. The first kappa shape index (κ1) is 18.6. The molecule has 2 aromatic rings. The number of rotatable bonds is 6. The second-order valence-corrected chi connectivity index (χ2v) is 6.48. The molecule has 3 rings (SSSR count). The van der Waals surface area contributed by atoms with Crippen LogP contribution >= 0.6 is 0 Å². The smallest absolute Gasteiger partial charge is 0.251 e. The molecule has 7 heteroatoms. The van der Waals surface area contributed by atoms with Gasteiger partial charge >= 0.3 is 0 Å². The number of likely N-dealkylation sites (N-methyl/N-ethyl adjacent to an activating group) is 1. The molecule has 1 aliphatic rings. The summed E-state index contributed by atoms with van der Waals surface area (Å²) in [6, 6.07) is 10.5. The first-order chi connectivity index (χ1) is 13.0. The van der Waals surface area contributed by atoms with Crippen molar-refractivity contribution >= 4 is 23.4 Å². The Kier molecular flexibility index (Phi) is 5.80. The molecule has 140 valence electrons. The number of nitrogens with one attached hydrogen (secondary N) is 1. The van der Waals surface area contributed by atoms with E-state index in [-0.39, 0.29) is 24.3 Å². The van der Waals surface area contributed by atoms with Crippen LogP contribution in [0.1, 0.15) is 28.8 Å². The van der Waals surface area contributed by atoms with Crippen molar-refractivity contribution in [3.63, 3.8) is 0 Å². The van der Waals surface area contributed by atoms with Crippen molar-refractivity contribution in [1.82, 2.24) is 15.2 Å². The molecule has 0 spiro atoms. The number of anilines is 1. The highest BCUT2D eigenvalue weighted by atomic mass is 16.2. The third-order valence-corrected chi connectivity index (χ3v) is 4.51. The van der Waals surface area contributed by atoms with Gasteiger partial charge in [0.2, 0.25) is 11.8 Å². The zero-order valence-electron chi connectivity index (χ0n) is 15.2. The number of carbonyl (C=O) groups is 3. The summed E-state index contributed by atoms with van der Waals surface area (Å²) in [7, 11) is 1.69. The molecule has 27 heavy (non-hydrogen) atoms. The molecule has 1 fully saturated rings. The Labute approximate surface area is 158 Å². The minimum atomic E-state index is -0.319. The molecule has 0 atom stereocenters. The molecule has 0 saturated carbocycles. The van der Waals surface area contributed by atoms with E-state index in [1.807, 2.05) is 12.1 Å². The summed E-state index contributed by atoms with van der Waals surface area (Å²) in [5, 5.41) is 2.64. The van der Waals surface area contributed by atoms with Gasteiger partial charge < -0.3 is 15.1 Å². The highest BCUT2D eigenvalue weighted by Crippen LogP contribution is 2.21. The molecule has 3 amide bonds. The molecule has 1 saturated heterocycles. The average molecular weight is 366 g/mol. The van der Waals surface area contributed by atoms with Gasteiger partial charge in [-0.05, 0) is 48.4 Å². The molecule has 0 unspecified atom stereocenters. The molecule has 0 radical (unpaired) electrons. The molecule has 0 bridgehead atoms. The Morgan fingerprint density at radius 2 is 1.85 bits per heavy atom. The normalized spacial score (nSPS) is 13.5. The van der Waals surface area contributed by atoms with E-state index in [4.69, 9.17) is 0 Å². The number of amides is 3. The van der Waals surface area contributed by atoms with Gasteiger partial charge in [-0.25, -0.2) is 0 Å². The topological polar surface area (TPSA) is 82.6 Å². The number of benzene rings is 1. The van der Waals surface area contributed by atoms with Gasteiger partial charge in [-0.2, -0.15) is 0 Å². The van der Waals surface area contributed by atoms with Crippen molar-refractivity contribution in [3.8, 4) is 0 Å². The van der Waals surface area contributed by atoms with Crippen LogP contribution in [0, 0.1) is 0 Å². The third-order valence-electron chi connectivity index (χ3n) is 4.51. The lowest BCUT2D eigenvalue weighted by Gasteiger charge is -2.18. The lowest BCUT2D eigenvalue weighted by Crippen LogP contribution is -2.37. The average Bonchev–Trinajstić information content (AvgIpc) is 3.12. The maximum absolute atomic E-state index is 12.3. The van der Waals surface area contributed by atoms with E-state index in [1.54, 1.807) is 53.5 Å². The van der Waals surface area contributed by atoms with E-state index in [9.17, 15) is 14.4 Å². The summed E-state index contributed by atoms with van der Waals surface area (Å²) in [5.74, 6) is -0.394. The van der Waals surface area contributed by atoms with Crippen molar-refractivity contribution < 1.29 is 14.4 Å². The van der Waals surface area contributed by atoms with Gasteiger partial charge in [0, 0.05) is 50.2 Å². The van der Waals surface area contributed by atoms with E-state index < -0.39 is 0 Å². The Morgan fingerprint density at radius 3 is 2.48 bits per heavy atom. The maximum atomic E-state index is 12.3. The van der Waals surface area contributed by atoms with Crippen molar-refractivity contribution in [2.45, 2.75) is 19.4 Å². The Balaban J connectivity index is 1.51. The zero-order chi connectivity index (χ0) is 19.2. The fourth-order valence-corrected chi connectivity index (χ4v) is 2.96. The largest absolute Gasteiger partial charge is 0.343 e. The van der Waals surface area contributed by atoms with Gasteiger partial charge in [0.25, 0.3) is 5.91 Å². The van der Waals surface area contributed by atoms with Gasteiger partial charge in [0.05, 0.1) is 6.54 Å². The highest BCUT2D eigenvalue weighted by molar-refractivity contribution is 5.98. The van der Waals surface area contributed by atoms with Gasteiger partial charge in [-0.3, -0.25) is 19.4 Å². The summed E-state index contributed by atoms with van der Waals surface area (Å²) >= 11 is 0. The van der Waals surface area contributed by atoms with Gasteiger partial charge in [-0.1, -0.05) is 0 Å². The number of pyridine rings is 1. The fourth-order valence-electron chi connectivity index (χ4n) is 2.96. The molecule has 2 heterocycles. The molecule has 1 aliphatic heterocycles. The zero-order valence-corrected chi connectivity index (χ0v) is 15.2. The summed E-state index contributed by atoms with van der Waals surface area (Å²) in [6.45, 7) is 1.09. The number of aromatic nitrogens is 1. The second kappa shape index (κ2) is 8.44. The minimum Gasteiger partial charge on any atom is -0.343 e. The van der Waals surface area contributed by atoms with Crippen LogP contribution < -0.4 is 10.2 Å². The molecule has 7 nitrogen and oxygen atoms in total. The van der Waals surface area contributed by atoms with Crippen LogP contribution in [0.4, 0.5) is 5.69 Å². The van der Waals surface area contributed by atoms with Crippen LogP contribution in [0.2, 0.25) is 0 Å². The van der Waals surface area contributed by atoms with E-state index >= 15 is 0 Å². The minimum absolute atomic E-state index is 0.0766. The van der Waals surface area contributed by atoms with Crippen LogP contribution in [-0.2, 0) is 16.1 Å². The SMILES string of the molecule is CN(Cc1ccncc1)C(=O)CNC(=O)c1ccc(N2CCCC2=O)cc1. The lowest BCUT2D eigenvalue weighted by atomic mass is 10.2. The number of hydrogen-bond donors (Lipinski definition) is 1. The van der Waals surface area contributed by atoms with Crippen LogP contribution in [0.15, 0.2) is 48.8 Å². The first-order valence-electron chi connectivity index (χ1n) is 8.86. The van der Waals surface area contributed by atoms with Crippen molar-refractivity contribution in [3.05, 3.63) is 59.9 Å². The van der Waals surface area contributed by atoms with Crippen molar-refractivity contribution in [1.29, 1.82) is 0 Å². The van der Waals surface area contributed by atoms with Gasteiger partial charge in [0.15, 0.2) is 0 Å². The maximum Gasteiger partial charge on any atom is 0.251 e. The second-order valence-electron chi connectivity index (χ2n) is 6.48. The van der Waals surface area contributed by atoms with Crippen molar-refractivity contribution in [2.75, 3.05) is 25.0 Å². The molecule has 1 N–H and O–H groups in total. The Bertz CT molecular complexity index is 821. The third kappa shape index (κ3) is 4.69. The van der Waals surface area contributed by atoms with Crippen LogP contribution in [-0.4, -0.2) is 47.7 Å². The Hall–Kier alpha value is -3.22. The molecule has 1 aromatic carbocycles. The lowest BCUT2D eigenvalue weighted by molar-refractivity contribution is -0.129.